The molecule has 1 aromatic rings. The molecule has 0 aromatic carbocycles. The van der Waals surface area contributed by atoms with E-state index in [0.717, 1.165) is 11.3 Å². The van der Waals surface area contributed by atoms with E-state index in [1.54, 1.807) is 6.08 Å². The number of anilines is 1. The van der Waals surface area contributed by atoms with Gasteiger partial charge in [0.2, 0.25) is 0 Å². The highest BCUT2D eigenvalue weighted by Crippen LogP contribution is 2.14. The van der Waals surface area contributed by atoms with E-state index in [1.165, 1.54) is 6.33 Å². The van der Waals surface area contributed by atoms with Crippen molar-refractivity contribution in [3.8, 4) is 0 Å². The molecule has 3 heteroatoms. The van der Waals surface area contributed by atoms with Crippen molar-refractivity contribution in [2.75, 3.05) is 5.73 Å². The molecule has 62 valence electrons. The van der Waals surface area contributed by atoms with Crippen LogP contribution in [0, 0.1) is 0 Å². The minimum Gasteiger partial charge on any atom is -0.383 e. The van der Waals surface area contributed by atoms with Gasteiger partial charge in [0.25, 0.3) is 0 Å². The number of nitrogens with two attached hydrogens (primary N) is 1. The monoisotopic (exact) mass is 161 g/mol. The maximum Gasteiger partial charge on any atom is 0.134 e. The fraction of sp³-hybridized carbons (Fsp3) is 0.111. The van der Waals surface area contributed by atoms with Crippen molar-refractivity contribution >= 4 is 18.0 Å². The van der Waals surface area contributed by atoms with Crippen molar-refractivity contribution in [2.45, 2.75) is 6.92 Å². The number of hydrogen-bond acceptors (Lipinski definition) is 3. The van der Waals surface area contributed by atoms with Gasteiger partial charge in [0.1, 0.15) is 12.1 Å². The highest BCUT2D eigenvalue weighted by Gasteiger charge is 2.00. The van der Waals surface area contributed by atoms with Crippen LogP contribution in [0.15, 0.2) is 19.0 Å². The summed E-state index contributed by atoms with van der Waals surface area (Å²) in [4.78, 5) is 7.89. The van der Waals surface area contributed by atoms with Crippen molar-refractivity contribution in [1.82, 2.24) is 9.97 Å². The molecule has 0 saturated carbocycles. The van der Waals surface area contributed by atoms with E-state index in [1.807, 2.05) is 19.1 Å². The van der Waals surface area contributed by atoms with Crippen LogP contribution < -0.4 is 5.73 Å². The summed E-state index contributed by atoms with van der Waals surface area (Å²) < 4.78 is 0. The highest BCUT2D eigenvalue weighted by molar-refractivity contribution is 5.69. The smallest absolute Gasteiger partial charge is 0.134 e. The molecule has 0 spiro atoms. The Labute approximate surface area is 71.7 Å². The number of rotatable bonds is 2. The number of allylic oxidation sites excluding steroid dienone is 1. The summed E-state index contributed by atoms with van der Waals surface area (Å²) in [5.74, 6) is 0.484. The highest BCUT2D eigenvalue weighted by atomic mass is 14.9. The lowest BCUT2D eigenvalue weighted by Gasteiger charge is -2.01. The molecule has 1 heterocycles. The van der Waals surface area contributed by atoms with Gasteiger partial charge in [-0.1, -0.05) is 18.7 Å². The van der Waals surface area contributed by atoms with Gasteiger partial charge in [-0.3, -0.25) is 0 Å². The molecule has 0 unspecified atom stereocenters. The normalized spacial score (nSPS) is 10.4. The zero-order valence-electron chi connectivity index (χ0n) is 6.99. The Morgan fingerprint density at radius 3 is 2.83 bits per heavy atom. The quantitative estimate of drug-likeness (QED) is 0.718. The number of nitrogens with zero attached hydrogens (tertiary/aromatic N) is 2. The van der Waals surface area contributed by atoms with Crippen molar-refractivity contribution in [1.29, 1.82) is 0 Å². The first-order valence-corrected chi connectivity index (χ1v) is 3.65. The van der Waals surface area contributed by atoms with Crippen LogP contribution in [0.25, 0.3) is 12.2 Å². The van der Waals surface area contributed by atoms with Crippen LogP contribution in [0.2, 0.25) is 0 Å². The van der Waals surface area contributed by atoms with Crippen LogP contribution in [0.4, 0.5) is 5.82 Å². The van der Waals surface area contributed by atoms with E-state index in [-0.39, 0.29) is 0 Å². The molecule has 0 fully saturated rings. The lowest BCUT2D eigenvalue weighted by Crippen LogP contribution is -1.97. The summed E-state index contributed by atoms with van der Waals surface area (Å²) in [6, 6.07) is 0. The minimum atomic E-state index is 0.484. The Hall–Kier alpha value is -1.64. The van der Waals surface area contributed by atoms with Gasteiger partial charge in [0.15, 0.2) is 0 Å². The molecule has 0 aliphatic carbocycles. The Morgan fingerprint density at radius 1 is 1.50 bits per heavy atom. The van der Waals surface area contributed by atoms with E-state index in [2.05, 4.69) is 16.5 Å². The molecular weight excluding hydrogens is 150 g/mol. The van der Waals surface area contributed by atoms with Gasteiger partial charge in [0, 0.05) is 5.56 Å². The van der Waals surface area contributed by atoms with Crippen LogP contribution in [0.1, 0.15) is 18.2 Å². The van der Waals surface area contributed by atoms with Crippen LogP contribution in [0.3, 0.4) is 0 Å². The summed E-state index contributed by atoms with van der Waals surface area (Å²) in [5.41, 5.74) is 7.23. The Bertz CT molecular complexity index is 316. The summed E-state index contributed by atoms with van der Waals surface area (Å²) >= 11 is 0. The predicted molar refractivity (Wildman–Crippen MR) is 51.2 cm³/mol. The van der Waals surface area contributed by atoms with Crippen LogP contribution in [-0.2, 0) is 0 Å². The third kappa shape index (κ3) is 1.50. The molecule has 0 amide bonds. The molecule has 1 rings (SSSR count). The van der Waals surface area contributed by atoms with E-state index in [9.17, 15) is 0 Å². The number of hydrogen-bond donors (Lipinski definition) is 1. The average Bonchev–Trinajstić information content (AvgIpc) is 2.09. The lowest BCUT2D eigenvalue weighted by atomic mass is 10.2. The second-order valence-corrected chi connectivity index (χ2v) is 2.26. The van der Waals surface area contributed by atoms with Gasteiger partial charge in [-0.05, 0) is 13.0 Å². The fourth-order valence-corrected chi connectivity index (χ4v) is 0.924. The second-order valence-electron chi connectivity index (χ2n) is 2.26. The third-order valence-corrected chi connectivity index (χ3v) is 1.47. The Morgan fingerprint density at radius 2 is 2.25 bits per heavy atom. The van der Waals surface area contributed by atoms with Crippen LogP contribution >= 0.6 is 0 Å². The van der Waals surface area contributed by atoms with Gasteiger partial charge in [0.05, 0.1) is 5.69 Å². The summed E-state index contributed by atoms with van der Waals surface area (Å²) in [5, 5.41) is 0. The predicted octanol–water partition coefficient (Wildman–Crippen LogP) is 1.73. The van der Waals surface area contributed by atoms with Crippen molar-refractivity contribution in [3.63, 3.8) is 0 Å². The first-order chi connectivity index (χ1) is 5.79. The molecular formula is C9H11N3. The van der Waals surface area contributed by atoms with Gasteiger partial charge in [-0.15, -0.1) is 0 Å². The first kappa shape index (κ1) is 8.46. The SMILES string of the molecule is C=Cc1ncnc(N)c1/C=C\C. The van der Waals surface area contributed by atoms with E-state index in [0.29, 0.717) is 5.82 Å². The molecule has 0 atom stereocenters. The summed E-state index contributed by atoms with van der Waals surface area (Å²) in [6.45, 7) is 5.55. The molecule has 1 aromatic heterocycles. The molecule has 0 aliphatic rings. The lowest BCUT2D eigenvalue weighted by molar-refractivity contribution is 1.15. The molecule has 2 N–H and O–H groups in total. The fourth-order valence-electron chi connectivity index (χ4n) is 0.924. The van der Waals surface area contributed by atoms with Gasteiger partial charge in [-0.2, -0.15) is 0 Å². The van der Waals surface area contributed by atoms with Crippen molar-refractivity contribution in [3.05, 3.63) is 30.2 Å². The Kier molecular flexibility index (Phi) is 2.58. The number of aromatic nitrogens is 2. The molecule has 0 saturated heterocycles. The van der Waals surface area contributed by atoms with E-state index in [4.69, 9.17) is 5.73 Å². The zero-order chi connectivity index (χ0) is 8.97. The van der Waals surface area contributed by atoms with Gasteiger partial charge >= 0.3 is 0 Å². The Balaban J connectivity index is 3.28. The maximum absolute atomic E-state index is 5.63. The first-order valence-electron chi connectivity index (χ1n) is 3.65. The zero-order valence-corrected chi connectivity index (χ0v) is 6.99. The van der Waals surface area contributed by atoms with Crippen LogP contribution in [0.5, 0.6) is 0 Å². The number of nitrogen functional groups attached to an aromatic ring is 1. The molecule has 0 bridgehead atoms. The third-order valence-electron chi connectivity index (χ3n) is 1.47. The van der Waals surface area contributed by atoms with Crippen molar-refractivity contribution < 1.29 is 0 Å². The second kappa shape index (κ2) is 3.67. The summed E-state index contributed by atoms with van der Waals surface area (Å²) in [6.07, 6.45) is 6.85. The maximum atomic E-state index is 5.63. The van der Waals surface area contributed by atoms with Crippen molar-refractivity contribution in [2.24, 2.45) is 0 Å². The van der Waals surface area contributed by atoms with E-state index < -0.39 is 0 Å². The standard InChI is InChI=1S/C9H11N3/c1-3-5-7-8(4-2)11-6-12-9(7)10/h3-6H,2H2,1H3,(H2,10,11,12)/b5-3-. The molecule has 12 heavy (non-hydrogen) atoms. The average molecular weight is 161 g/mol. The summed E-state index contributed by atoms with van der Waals surface area (Å²) in [7, 11) is 0. The largest absolute Gasteiger partial charge is 0.383 e. The minimum absolute atomic E-state index is 0.484. The van der Waals surface area contributed by atoms with Gasteiger partial charge in [-0.25, -0.2) is 9.97 Å². The topological polar surface area (TPSA) is 51.8 Å². The van der Waals surface area contributed by atoms with E-state index >= 15 is 0 Å². The van der Waals surface area contributed by atoms with Crippen LogP contribution in [-0.4, -0.2) is 9.97 Å². The molecule has 0 aliphatic heterocycles. The van der Waals surface area contributed by atoms with Gasteiger partial charge < -0.3 is 5.73 Å². The molecule has 3 nitrogen and oxygen atoms in total. The molecule has 0 radical (unpaired) electrons.